The summed E-state index contributed by atoms with van der Waals surface area (Å²) in [5.41, 5.74) is -0.447. The highest BCUT2D eigenvalue weighted by Crippen LogP contribution is 2.20. The molecule has 1 atom stereocenters. The number of amides is 1. The third-order valence-corrected chi connectivity index (χ3v) is 3.11. The van der Waals surface area contributed by atoms with Crippen molar-refractivity contribution in [2.45, 2.75) is 45.8 Å². The highest BCUT2D eigenvalue weighted by Gasteiger charge is 2.31. The minimum absolute atomic E-state index is 0.0568. The first kappa shape index (κ1) is 17.3. The van der Waals surface area contributed by atoms with E-state index < -0.39 is 17.7 Å². The summed E-state index contributed by atoms with van der Waals surface area (Å²) in [6.45, 7) is 8.33. The van der Waals surface area contributed by atoms with Crippen LogP contribution in [0, 0.1) is 0 Å². The average Bonchev–Trinajstić information content (AvgIpc) is 2.84. The molecule has 1 fully saturated rings. The van der Waals surface area contributed by atoms with Gasteiger partial charge in [-0.2, -0.15) is 0 Å². The summed E-state index contributed by atoms with van der Waals surface area (Å²) in [5, 5.41) is 0. The van der Waals surface area contributed by atoms with E-state index in [2.05, 4.69) is 9.97 Å². The number of H-pyrrole nitrogens is 1. The second kappa shape index (κ2) is 6.99. The zero-order valence-corrected chi connectivity index (χ0v) is 13.9. The lowest BCUT2D eigenvalue weighted by Gasteiger charge is -2.32. The van der Waals surface area contributed by atoms with Crippen LogP contribution in [0.5, 0.6) is 0 Å². The van der Waals surface area contributed by atoms with Gasteiger partial charge < -0.3 is 19.2 Å². The van der Waals surface area contributed by atoms with E-state index in [1.807, 2.05) is 0 Å². The zero-order valence-electron chi connectivity index (χ0n) is 13.9. The Morgan fingerprint density at radius 2 is 2.17 bits per heavy atom. The van der Waals surface area contributed by atoms with Gasteiger partial charge in [-0.1, -0.05) is 0 Å². The molecular formula is C15H23N3O5. The monoisotopic (exact) mass is 325 g/mol. The van der Waals surface area contributed by atoms with E-state index in [9.17, 15) is 9.59 Å². The normalized spacial score (nSPS) is 17.3. The van der Waals surface area contributed by atoms with E-state index in [-0.39, 0.29) is 24.4 Å². The lowest BCUT2D eigenvalue weighted by Crippen LogP contribution is -2.45. The SMILES string of the molecule is CCOC(=O)c1cnc(N(CC2CCO2)C(=O)OC(C)(C)C)[nH]1. The van der Waals surface area contributed by atoms with Crippen molar-refractivity contribution in [1.82, 2.24) is 9.97 Å². The lowest BCUT2D eigenvalue weighted by atomic mass is 10.2. The number of rotatable bonds is 5. The van der Waals surface area contributed by atoms with Crippen molar-refractivity contribution in [3.05, 3.63) is 11.9 Å². The molecule has 128 valence electrons. The Hall–Kier alpha value is -2.09. The predicted octanol–water partition coefficient (Wildman–Crippen LogP) is 2.12. The van der Waals surface area contributed by atoms with E-state index in [1.165, 1.54) is 11.1 Å². The molecule has 2 rings (SSSR count). The Labute approximate surface area is 135 Å². The minimum atomic E-state index is -0.633. The number of hydrogen-bond acceptors (Lipinski definition) is 6. The van der Waals surface area contributed by atoms with Crippen LogP contribution in [0.1, 0.15) is 44.6 Å². The molecule has 1 unspecified atom stereocenters. The molecule has 0 aliphatic carbocycles. The number of nitrogens with one attached hydrogen (secondary N) is 1. The summed E-state index contributed by atoms with van der Waals surface area (Å²) in [6.07, 6.45) is 1.60. The highest BCUT2D eigenvalue weighted by molar-refractivity contribution is 5.90. The molecule has 8 nitrogen and oxygen atoms in total. The number of nitrogens with zero attached hydrogens (tertiary/aromatic N) is 2. The molecule has 0 radical (unpaired) electrons. The molecule has 0 saturated carbocycles. The lowest BCUT2D eigenvalue weighted by molar-refractivity contribution is -0.0454. The predicted molar refractivity (Wildman–Crippen MR) is 82.5 cm³/mol. The smallest absolute Gasteiger partial charge is 0.417 e. The van der Waals surface area contributed by atoms with E-state index in [1.54, 1.807) is 27.7 Å². The Morgan fingerprint density at radius 1 is 1.48 bits per heavy atom. The number of anilines is 1. The van der Waals surface area contributed by atoms with Crippen molar-refractivity contribution in [3.8, 4) is 0 Å². The van der Waals surface area contributed by atoms with E-state index in [0.29, 0.717) is 13.2 Å². The van der Waals surface area contributed by atoms with Crippen LogP contribution in [0.3, 0.4) is 0 Å². The number of hydrogen-bond donors (Lipinski definition) is 1. The first-order valence-electron chi connectivity index (χ1n) is 7.64. The van der Waals surface area contributed by atoms with Crippen LogP contribution in [0.4, 0.5) is 10.7 Å². The van der Waals surface area contributed by atoms with Crippen molar-refractivity contribution >= 4 is 18.0 Å². The summed E-state index contributed by atoms with van der Waals surface area (Å²) in [6, 6.07) is 0. The van der Waals surface area contributed by atoms with E-state index in [0.717, 1.165) is 6.42 Å². The third kappa shape index (κ3) is 4.69. The van der Waals surface area contributed by atoms with Gasteiger partial charge in [0.1, 0.15) is 11.3 Å². The number of aromatic nitrogens is 2. The molecule has 2 heterocycles. The molecule has 0 aromatic carbocycles. The van der Waals surface area contributed by atoms with Crippen molar-refractivity contribution in [2.24, 2.45) is 0 Å². The van der Waals surface area contributed by atoms with Gasteiger partial charge in [0.05, 0.1) is 25.5 Å². The van der Waals surface area contributed by atoms with Gasteiger partial charge in [-0.15, -0.1) is 0 Å². The van der Waals surface area contributed by atoms with Crippen molar-refractivity contribution in [2.75, 3.05) is 24.7 Å². The number of aromatic amines is 1. The highest BCUT2D eigenvalue weighted by atomic mass is 16.6. The Balaban J connectivity index is 2.15. The quantitative estimate of drug-likeness (QED) is 0.833. The van der Waals surface area contributed by atoms with Crippen molar-refractivity contribution in [1.29, 1.82) is 0 Å². The van der Waals surface area contributed by atoms with Gasteiger partial charge in [-0.05, 0) is 34.1 Å². The zero-order chi connectivity index (χ0) is 17.0. The molecule has 0 spiro atoms. The number of esters is 1. The van der Waals surface area contributed by atoms with Crippen LogP contribution in [-0.4, -0.2) is 53.5 Å². The maximum atomic E-state index is 12.4. The average molecular weight is 325 g/mol. The van der Waals surface area contributed by atoms with Crippen molar-refractivity contribution < 1.29 is 23.8 Å². The molecular weight excluding hydrogens is 302 g/mol. The number of imidazole rings is 1. The largest absolute Gasteiger partial charge is 0.461 e. The Morgan fingerprint density at radius 3 is 2.70 bits per heavy atom. The molecule has 8 heteroatoms. The molecule has 1 aliphatic rings. The summed E-state index contributed by atoms with van der Waals surface area (Å²) in [7, 11) is 0. The van der Waals surface area contributed by atoms with Crippen LogP contribution < -0.4 is 4.90 Å². The van der Waals surface area contributed by atoms with E-state index >= 15 is 0 Å². The Bertz CT molecular complexity index is 560. The van der Waals surface area contributed by atoms with Crippen molar-refractivity contribution in [3.63, 3.8) is 0 Å². The molecule has 1 aromatic rings. The van der Waals surface area contributed by atoms with Crippen LogP contribution in [-0.2, 0) is 14.2 Å². The van der Waals surface area contributed by atoms with Gasteiger partial charge in [0.15, 0.2) is 0 Å². The fraction of sp³-hybridized carbons (Fsp3) is 0.667. The fourth-order valence-electron chi connectivity index (χ4n) is 1.96. The maximum Gasteiger partial charge on any atom is 0.417 e. The van der Waals surface area contributed by atoms with Gasteiger partial charge in [-0.25, -0.2) is 19.5 Å². The second-order valence-corrected chi connectivity index (χ2v) is 6.21. The first-order chi connectivity index (χ1) is 10.8. The van der Waals surface area contributed by atoms with Crippen LogP contribution in [0.2, 0.25) is 0 Å². The van der Waals surface area contributed by atoms with Gasteiger partial charge in [0.2, 0.25) is 5.95 Å². The van der Waals surface area contributed by atoms with Crippen LogP contribution >= 0.6 is 0 Å². The Kier molecular flexibility index (Phi) is 5.25. The third-order valence-electron chi connectivity index (χ3n) is 3.11. The molecule has 1 saturated heterocycles. The standard InChI is InChI=1S/C15H23N3O5/c1-5-21-12(19)11-8-16-13(17-11)18(9-10-6-7-22-10)14(20)23-15(2,3)4/h8,10H,5-7,9H2,1-4H3,(H,16,17). The second-order valence-electron chi connectivity index (χ2n) is 6.21. The summed E-state index contributed by atoms with van der Waals surface area (Å²) >= 11 is 0. The molecule has 1 amide bonds. The number of carbonyl (C=O) groups is 2. The summed E-state index contributed by atoms with van der Waals surface area (Å²) < 4.78 is 15.7. The summed E-state index contributed by atoms with van der Waals surface area (Å²) in [5.74, 6) is -0.284. The van der Waals surface area contributed by atoms with Crippen LogP contribution in [0.15, 0.2) is 6.20 Å². The summed E-state index contributed by atoms with van der Waals surface area (Å²) in [4.78, 5) is 32.4. The van der Waals surface area contributed by atoms with Gasteiger partial charge >= 0.3 is 12.1 Å². The molecule has 1 N–H and O–H groups in total. The van der Waals surface area contributed by atoms with Gasteiger partial charge in [-0.3, -0.25) is 0 Å². The molecule has 0 bridgehead atoms. The minimum Gasteiger partial charge on any atom is -0.461 e. The van der Waals surface area contributed by atoms with Gasteiger partial charge in [0, 0.05) is 6.61 Å². The number of carbonyl (C=O) groups excluding carboxylic acids is 2. The maximum absolute atomic E-state index is 12.4. The van der Waals surface area contributed by atoms with E-state index in [4.69, 9.17) is 14.2 Å². The number of ether oxygens (including phenoxy) is 3. The first-order valence-corrected chi connectivity index (χ1v) is 7.64. The molecule has 1 aromatic heterocycles. The topological polar surface area (TPSA) is 93.8 Å². The fourth-order valence-corrected chi connectivity index (χ4v) is 1.96. The molecule has 1 aliphatic heterocycles. The van der Waals surface area contributed by atoms with Gasteiger partial charge in [0.25, 0.3) is 0 Å². The van der Waals surface area contributed by atoms with Crippen LogP contribution in [0.25, 0.3) is 0 Å². The molecule has 23 heavy (non-hydrogen) atoms.